The highest BCUT2D eigenvalue weighted by atomic mass is 16.5. The van der Waals surface area contributed by atoms with Crippen LogP contribution in [0.25, 0.3) is 10.8 Å². The molecule has 9 rings (SSSR count). The normalized spacial score (nSPS) is 13.5. The zero-order chi connectivity index (χ0) is 39.1. The van der Waals surface area contributed by atoms with Crippen LogP contribution in [0.3, 0.4) is 0 Å². The van der Waals surface area contributed by atoms with Crippen molar-refractivity contribution in [1.82, 2.24) is 0 Å². The molecule has 0 radical (unpaired) electrons. The van der Waals surface area contributed by atoms with Crippen LogP contribution in [0.2, 0.25) is 0 Å². The van der Waals surface area contributed by atoms with E-state index >= 15 is 0 Å². The van der Waals surface area contributed by atoms with Gasteiger partial charge in [-0.15, -0.1) is 0 Å². The minimum absolute atomic E-state index is 0.00283. The fraction of sp³-hybridized carbons (Fsp3) is 0.231. The van der Waals surface area contributed by atoms with E-state index in [1.165, 1.54) is 49.5 Å². The predicted molar refractivity (Wildman–Crippen MR) is 241 cm³/mol. The van der Waals surface area contributed by atoms with E-state index in [2.05, 4.69) is 218 Å². The Bertz CT molecular complexity index is 2620. The summed E-state index contributed by atoms with van der Waals surface area (Å²) in [6.45, 7) is 20.7. The average molecular weight is 731 g/mol. The number of ether oxygens (including phenoxy) is 1. The summed E-state index contributed by atoms with van der Waals surface area (Å²) in [5, 5.41) is 2.40. The van der Waals surface area contributed by atoms with Crippen molar-refractivity contribution in [3.8, 4) is 11.5 Å². The van der Waals surface area contributed by atoms with Gasteiger partial charge in [0.2, 0.25) is 0 Å². The molecule has 2 aliphatic heterocycles. The Morgan fingerprint density at radius 3 is 1.82 bits per heavy atom. The molecule has 0 spiro atoms. The molecule has 278 valence electrons. The lowest BCUT2D eigenvalue weighted by molar-refractivity contribution is 0.486. The molecule has 2 heterocycles. The van der Waals surface area contributed by atoms with Gasteiger partial charge in [0, 0.05) is 34.2 Å². The third-order valence-corrected chi connectivity index (χ3v) is 11.8. The van der Waals surface area contributed by atoms with Gasteiger partial charge in [-0.05, 0) is 103 Å². The number of benzene rings is 7. The molecule has 7 aromatic rings. The SMILES string of the molecule is CC(C)(C)c1ccc(N2c3cc(C(C)(C)C)ccc3B3c4cc(C(C)(C)C)ccc4Oc4cc(N(c5ccccc5)c5cccc6ccccc56)cc2c43)cc1. The second-order valence-corrected chi connectivity index (χ2v) is 18.7. The maximum atomic E-state index is 7.13. The molecule has 4 heteroatoms. The highest BCUT2D eigenvalue weighted by Crippen LogP contribution is 2.47. The molecule has 0 saturated carbocycles. The van der Waals surface area contributed by atoms with Crippen molar-refractivity contribution >= 4 is 68.0 Å². The number of para-hydroxylation sites is 1. The van der Waals surface area contributed by atoms with Crippen molar-refractivity contribution in [3.05, 3.63) is 162 Å². The molecular formula is C52H51BN2O. The van der Waals surface area contributed by atoms with Crippen LogP contribution in [0, 0.1) is 0 Å². The molecule has 2 aliphatic rings. The minimum atomic E-state index is -0.0322. The standard InChI is InChI=1S/C52H51BN2O/c1-50(2,3)35-22-26-39(27-23-35)55-45-31-37(52(7,8)9)24-28-42(45)53-43-30-36(51(4,5)6)25-29-47(43)56-48-33-40(32-46(55)49(48)53)54(38-18-11-10-12-19-38)44-21-15-17-34-16-13-14-20-41(34)44/h10-33H,1-9H3. The summed E-state index contributed by atoms with van der Waals surface area (Å²) in [7, 11) is 0. The van der Waals surface area contributed by atoms with E-state index < -0.39 is 0 Å². The number of hydrogen-bond acceptors (Lipinski definition) is 3. The number of fused-ring (bicyclic) bond motifs is 5. The number of hydrogen-bond donors (Lipinski definition) is 0. The molecule has 56 heavy (non-hydrogen) atoms. The van der Waals surface area contributed by atoms with E-state index in [0.29, 0.717) is 0 Å². The molecule has 0 fully saturated rings. The third kappa shape index (κ3) is 6.07. The zero-order valence-corrected chi connectivity index (χ0v) is 34.2. The first-order valence-corrected chi connectivity index (χ1v) is 20.1. The van der Waals surface area contributed by atoms with Gasteiger partial charge in [-0.25, -0.2) is 0 Å². The topological polar surface area (TPSA) is 15.7 Å². The Hall–Kier alpha value is -5.74. The lowest BCUT2D eigenvalue weighted by Crippen LogP contribution is -2.59. The largest absolute Gasteiger partial charge is 0.458 e. The van der Waals surface area contributed by atoms with E-state index in [4.69, 9.17) is 4.74 Å². The highest BCUT2D eigenvalue weighted by molar-refractivity contribution is 6.99. The maximum absolute atomic E-state index is 7.13. The Morgan fingerprint density at radius 2 is 1.11 bits per heavy atom. The van der Waals surface area contributed by atoms with Gasteiger partial charge < -0.3 is 14.5 Å². The van der Waals surface area contributed by atoms with Crippen LogP contribution in [0.15, 0.2) is 146 Å². The lowest BCUT2D eigenvalue weighted by Gasteiger charge is -2.42. The van der Waals surface area contributed by atoms with Gasteiger partial charge >= 0.3 is 0 Å². The molecule has 0 saturated heterocycles. The van der Waals surface area contributed by atoms with E-state index in [-0.39, 0.29) is 23.0 Å². The summed E-state index contributed by atoms with van der Waals surface area (Å²) >= 11 is 0. The number of rotatable bonds is 4. The van der Waals surface area contributed by atoms with Gasteiger partial charge in [0.25, 0.3) is 6.71 Å². The average Bonchev–Trinajstić information content (AvgIpc) is 3.17. The summed E-state index contributed by atoms with van der Waals surface area (Å²) in [6.07, 6.45) is 0. The molecule has 3 nitrogen and oxygen atoms in total. The summed E-state index contributed by atoms with van der Waals surface area (Å²) in [5.41, 5.74) is 14.4. The van der Waals surface area contributed by atoms with Gasteiger partial charge in [0.1, 0.15) is 11.5 Å². The van der Waals surface area contributed by atoms with Crippen LogP contribution in [0.5, 0.6) is 11.5 Å². The van der Waals surface area contributed by atoms with Crippen LogP contribution in [-0.4, -0.2) is 6.71 Å². The number of anilines is 6. The van der Waals surface area contributed by atoms with Crippen LogP contribution in [-0.2, 0) is 16.2 Å². The van der Waals surface area contributed by atoms with Crippen molar-refractivity contribution in [2.24, 2.45) is 0 Å². The molecule has 0 amide bonds. The van der Waals surface area contributed by atoms with Gasteiger partial charge in [-0.2, -0.15) is 0 Å². The van der Waals surface area contributed by atoms with E-state index in [0.717, 1.165) is 39.9 Å². The second-order valence-electron chi connectivity index (χ2n) is 18.7. The Labute approximate surface area is 333 Å². The van der Waals surface area contributed by atoms with Gasteiger partial charge in [0.05, 0.1) is 11.4 Å². The van der Waals surface area contributed by atoms with Crippen LogP contribution in [0.4, 0.5) is 34.1 Å². The molecule has 0 unspecified atom stereocenters. The fourth-order valence-corrected chi connectivity index (χ4v) is 8.59. The van der Waals surface area contributed by atoms with Crippen LogP contribution in [0.1, 0.15) is 79.0 Å². The van der Waals surface area contributed by atoms with Crippen LogP contribution >= 0.6 is 0 Å². The van der Waals surface area contributed by atoms with E-state index in [9.17, 15) is 0 Å². The van der Waals surface area contributed by atoms with Crippen molar-refractivity contribution in [1.29, 1.82) is 0 Å². The number of nitrogens with zero attached hydrogens (tertiary/aromatic N) is 2. The Kier molecular flexibility index (Phi) is 8.29. The van der Waals surface area contributed by atoms with E-state index in [1.54, 1.807) is 0 Å². The van der Waals surface area contributed by atoms with Crippen molar-refractivity contribution in [2.45, 2.75) is 78.6 Å². The Morgan fingerprint density at radius 1 is 0.482 bits per heavy atom. The first kappa shape index (κ1) is 35.9. The summed E-state index contributed by atoms with van der Waals surface area (Å²) in [6, 6.07) is 54.0. The third-order valence-electron chi connectivity index (χ3n) is 11.8. The second kappa shape index (κ2) is 12.9. The van der Waals surface area contributed by atoms with Crippen molar-refractivity contribution in [2.75, 3.05) is 9.80 Å². The monoisotopic (exact) mass is 730 g/mol. The summed E-state index contributed by atoms with van der Waals surface area (Å²) in [5.74, 6) is 1.81. The lowest BCUT2D eigenvalue weighted by atomic mass is 9.34. The van der Waals surface area contributed by atoms with Crippen molar-refractivity contribution in [3.63, 3.8) is 0 Å². The first-order valence-electron chi connectivity index (χ1n) is 20.1. The van der Waals surface area contributed by atoms with Crippen LogP contribution < -0.4 is 30.9 Å². The summed E-state index contributed by atoms with van der Waals surface area (Å²) < 4.78 is 7.13. The molecule has 0 bridgehead atoms. The molecule has 0 aliphatic carbocycles. The molecule has 0 atom stereocenters. The van der Waals surface area contributed by atoms with E-state index in [1.807, 2.05) is 0 Å². The van der Waals surface area contributed by atoms with Gasteiger partial charge in [0.15, 0.2) is 0 Å². The minimum Gasteiger partial charge on any atom is -0.458 e. The zero-order valence-electron chi connectivity index (χ0n) is 34.2. The fourth-order valence-electron chi connectivity index (χ4n) is 8.59. The smallest absolute Gasteiger partial charge is 0.256 e. The molecular weight excluding hydrogens is 679 g/mol. The van der Waals surface area contributed by atoms with Crippen molar-refractivity contribution < 1.29 is 4.74 Å². The molecule has 0 N–H and O–H groups in total. The first-order chi connectivity index (χ1) is 26.7. The maximum Gasteiger partial charge on any atom is 0.256 e. The highest BCUT2D eigenvalue weighted by Gasteiger charge is 2.43. The summed E-state index contributed by atoms with van der Waals surface area (Å²) in [4.78, 5) is 4.90. The molecule has 7 aromatic carbocycles. The van der Waals surface area contributed by atoms with Gasteiger partial charge in [-0.3, -0.25) is 0 Å². The Balaban J connectivity index is 1.37. The van der Waals surface area contributed by atoms with Gasteiger partial charge in [-0.1, -0.05) is 153 Å². The quantitative estimate of drug-likeness (QED) is 0.168. The molecule has 0 aromatic heterocycles. The predicted octanol–water partition coefficient (Wildman–Crippen LogP) is 12.6.